The Bertz CT molecular complexity index is 256. The zero-order valence-electron chi connectivity index (χ0n) is 8.36. The summed E-state index contributed by atoms with van der Waals surface area (Å²) in [6.45, 7) is 1.95. The van der Waals surface area contributed by atoms with Gasteiger partial charge in [-0.3, -0.25) is 0 Å². The Morgan fingerprint density at radius 2 is 2.15 bits per heavy atom. The van der Waals surface area contributed by atoms with Crippen LogP contribution in [0.4, 0.5) is 5.82 Å². The highest BCUT2D eigenvalue weighted by atomic mass is 16.3. The SMILES string of the molecule is CC[C@@H](O)c1ccc(N(C)C)nc1. The van der Waals surface area contributed by atoms with E-state index in [9.17, 15) is 5.11 Å². The maximum Gasteiger partial charge on any atom is 0.127 e. The predicted molar refractivity (Wildman–Crippen MR) is 53.8 cm³/mol. The van der Waals surface area contributed by atoms with E-state index in [0.29, 0.717) is 0 Å². The molecule has 13 heavy (non-hydrogen) atoms. The summed E-state index contributed by atoms with van der Waals surface area (Å²) in [6.07, 6.45) is 2.07. The number of pyridine rings is 1. The first-order valence-corrected chi connectivity index (χ1v) is 4.46. The van der Waals surface area contributed by atoms with Crippen LogP contribution in [0.15, 0.2) is 18.3 Å². The van der Waals surface area contributed by atoms with E-state index in [4.69, 9.17) is 0 Å². The molecule has 3 nitrogen and oxygen atoms in total. The summed E-state index contributed by atoms with van der Waals surface area (Å²) in [5.41, 5.74) is 0.883. The summed E-state index contributed by atoms with van der Waals surface area (Å²) in [4.78, 5) is 6.15. The maximum atomic E-state index is 9.51. The predicted octanol–water partition coefficient (Wildman–Crippen LogP) is 1.59. The van der Waals surface area contributed by atoms with Crippen LogP contribution in [0.25, 0.3) is 0 Å². The molecule has 0 spiro atoms. The largest absolute Gasteiger partial charge is 0.388 e. The number of anilines is 1. The molecule has 0 amide bonds. The fraction of sp³-hybridized carbons (Fsp3) is 0.500. The molecule has 0 aliphatic heterocycles. The first-order chi connectivity index (χ1) is 6.15. The molecule has 0 fully saturated rings. The fourth-order valence-electron chi connectivity index (χ4n) is 1.09. The van der Waals surface area contributed by atoms with Gasteiger partial charge < -0.3 is 10.0 Å². The fourth-order valence-corrected chi connectivity index (χ4v) is 1.09. The Kier molecular flexibility index (Phi) is 3.25. The van der Waals surface area contributed by atoms with Crippen molar-refractivity contribution in [2.45, 2.75) is 19.4 Å². The van der Waals surface area contributed by atoms with Crippen LogP contribution in [-0.2, 0) is 0 Å². The molecule has 72 valence electrons. The summed E-state index contributed by atoms with van der Waals surface area (Å²) in [7, 11) is 3.89. The minimum atomic E-state index is -0.385. The van der Waals surface area contributed by atoms with Gasteiger partial charge in [-0.1, -0.05) is 13.0 Å². The third kappa shape index (κ3) is 2.42. The molecule has 1 heterocycles. The topological polar surface area (TPSA) is 36.4 Å². The van der Waals surface area contributed by atoms with Crippen molar-refractivity contribution in [1.29, 1.82) is 0 Å². The van der Waals surface area contributed by atoms with Crippen molar-refractivity contribution < 1.29 is 5.11 Å². The van der Waals surface area contributed by atoms with Crippen molar-refractivity contribution in [2.75, 3.05) is 19.0 Å². The molecular formula is C10H16N2O. The van der Waals surface area contributed by atoms with Crippen LogP contribution in [0.1, 0.15) is 25.0 Å². The number of hydrogen-bond acceptors (Lipinski definition) is 3. The van der Waals surface area contributed by atoms with E-state index in [1.54, 1.807) is 6.20 Å². The van der Waals surface area contributed by atoms with E-state index in [0.717, 1.165) is 17.8 Å². The molecule has 0 radical (unpaired) electrons. The van der Waals surface area contributed by atoms with E-state index in [2.05, 4.69) is 4.98 Å². The van der Waals surface area contributed by atoms with E-state index in [-0.39, 0.29) is 6.10 Å². The van der Waals surface area contributed by atoms with E-state index < -0.39 is 0 Å². The average molecular weight is 180 g/mol. The van der Waals surface area contributed by atoms with Crippen LogP contribution in [-0.4, -0.2) is 24.2 Å². The van der Waals surface area contributed by atoms with Crippen LogP contribution < -0.4 is 4.90 Å². The van der Waals surface area contributed by atoms with Crippen molar-refractivity contribution in [1.82, 2.24) is 4.98 Å². The zero-order valence-corrected chi connectivity index (χ0v) is 8.36. The van der Waals surface area contributed by atoms with Crippen molar-refractivity contribution in [3.63, 3.8) is 0 Å². The van der Waals surface area contributed by atoms with Gasteiger partial charge in [0.2, 0.25) is 0 Å². The standard InChI is InChI=1S/C10H16N2O/c1-4-9(13)8-5-6-10(11-7-8)12(2)3/h5-7,9,13H,4H2,1-3H3/t9-/m1/s1. The summed E-state index contributed by atoms with van der Waals surface area (Å²) >= 11 is 0. The number of rotatable bonds is 3. The average Bonchev–Trinajstić information content (AvgIpc) is 2.17. The lowest BCUT2D eigenvalue weighted by Gasteiger charge is -2.12. The number of aromatic nitrogens is 1. The normalized spacial score (nSPS) is 12.6. The lowest BCUT2D eigenvalue weighted by molar-refractivity contribution is 0.173. The Morgan fingerprint density at radius 3 is 2.54 bits per heavy atom. The molecule has 0 aliphatic rings. The van der Waals surface area contributed by atoms with Crippen molar-refractivity contribution in [3.05, 3.63) is 23.9 Å². The molecule has 0 aliphatic carbocycles. The highest BCUT2D eigenvalue weighted by Crippen LogP contribution is 2.16. The molecule has 1 rings (SSSR count). The van der Waals surface area contributed by atoms with Gasteiger partial charge in [0.15, 0.2) is 0 Å². The molecule has 3 heteroatoms. The summed E-state index contributed by atoms with van der Waals surface area (Å²) in [6, 6.07) is 3.82. The van der Waals surface area contributed by atoms with E-state index >= 15 is 0 Å². The number of hydrogen-bond donors (Lipinski definition) is 1. The molecule has 0 saturated heterocycles. The zero-order chi connectivity index (χ0) is 9.84. The summed E-state index contributed by atoms with van der Waals surface area (Å²) < 4.78 is 0. The molecule has 0 aromatic carbocycles. The number of aliphatic hydroxyl groups excluding tert-OH is 1. The van der Waals surface area contributed by atoms with Crippen molar-refractivity contribution in [2.24, 2.45) is 0 Å². The second-order valence-corrected chi connectivity index (χ2v) is 3.27. The molecule has 0 bridgehead atoms. The van der Waals surface area contributed by atoms with Gasteiger partial charge in [-0.2, -0.15) is 0 Å². The molecular weight excluding hydrogens is 164 g/mol. The van der Waals surface area contributed by atoms with Crippen LogP contribution in [0, 0.1) is 0 Å². The second kappa shape index (κ2) is 4.23. The van der Waals surface area contributed by atoms with Crippen molar-refractivity contribution >= 4 is 5.82 Å². The molecule has 1 atom stereocenters. The van der Waals surface area contributed by atoms with Crippen LogP contribution in [0.2, 0.25) is 0 Å². The number of nitrogens with zero attached hydrogens (tertiary/aromatic N) is 2. The smallest absolute Gasteiger partial charge is 0.127 e. The van der Waals surface area contributed by atoms with E-state index in [1.165, 1.54) is 0 Å². The van der Waals surface area contributed by atoms with Gasteiger partial charge in [0.05, 0.1) is 6.10 Å². The van der Waals surface area contributed by atoms with Crippen LogP contribution in [0.5, 0.6) is 0 Å². The van der Waals surface area contributed by atoms with Gasteiger partial charge in [-0.25, -0.2) is 4.98 Å². The second-order valence-electron chi connectivity index (χ2n) is 3.27. The van der Waals surface area contributed by atoms with Crippen molar-refractivity contribution in [3.8, 4) is 0 Å². The highest BCUT2D eigenvalue weighted by molar-refractivity contribution is 5.37. The lowest BCUT2D eigenvalue weighted by Crippen LogP contribution is -2.10. The maximum absolute atomic E-state index is 9.51. The van der Waals surface area contributed by atoms with Gasteiger partial charge >= 0.3 is 0 Å². The van der Waals surface area contributed by atoms with Gasteiger partial charge in [-0.05, 0) is 18.1 Å². The molecule has 1 aromatic heterocycles. The first kappa shape index (κ1) is 9.99. The number of aliphatic hydroxyl groups is 1. The molecule has 0 unspecified atom stereocenters. The van der Waals surface area contributed by atoms with E-state index in [1.807, 2.05) is 38.1 Å². The van der Waals surface area contributed by atoms with Gasteiger partial charge in [-0.15, -0.1) is 0 Å². The molecule has 0 saturated carbocycles. The third-order valence-electron chi connectivity index (χ3n) is 2.00. The van der Waals surface area contributed by atoms with Gasteiger partial charge in [0, 0.05) is 20.3 Å². The molecule has 1 N–H and O–H groups in total. The van der Waals surface area contributed by atoms with Gasteiger partial charge in [0.25, 0.3) is 0 Å². The summed E-state index contributed by atoms with van der Waals surface area (Å²) in [5.74, 6) is 0.909. The Hall–Kier alpha value is -1.09. The molecule has 1 aromatic rings. The third-order valence-corrected chi connectivity index (χ3v) is 2.00. The van der Waals surface area contributed by atoms with Crippen LogP contribution in [0.3, 0.4) is 0 Å². The van der Waals surface area contributed by atoms with Gasteiger partial charge in [0.1, 0.15) is 5.82 Å². The Morgan fingerprint density at radius 1 is 1.46 bits per heavy atom. The Labute approximate surface area is 79.0 Å². The highest BCUT2D eigenvalue weighted by Gasteiger charge is 2.04. The minimum Gasteiger partial charge on any atom is -0.388 e. The quantitative estimate of drug-likeness (QED) is 0.767. The first-order valence-electron chi connectivity index (χ1n) is 4.46. The summed E-state index contributed by atoms with van der Waals surface area (Å²) in [5, 5.41) is 9.51. The minimum absolute atomic E-state index is 0.385. The van der Waals surface area contributed by atoms with Crippen LogP contribution >= 0.6 is 0 Å². The Balaban J connectivity index is 2.81. The lowest BCUT2D eigenvalue weighted by atomic mass is 10.1. The monoisotopic (exact) mass is 180 g/mol.